The fraction of sp³-hybridized carbons (Fsp3) is 0.571. The summed E-state index contributed by atoms with van der Waals surface area (Å²) in [4.78, 5) is 16.2. The lowest BCUT2D eigenvalue weighted by Gasteiger charge is -2.09. The van der Waals surface area contributed by atoms with Crippen LogP contribution in [0.15, 0.2) is 16.9 Å². The highest BCUT2D eigenvalue weighted by Crippen LogP contribution is 2.15. The van der Waals surface area contributed by atoms with Gasteiger partial charge in [0.15, 0.2) is 5.82 Å². The first-order valence-electron chi connectivity index (χ1n) is 7.06. The fourth-order valence-electron chi connectivity index (χ4n) is 1.89. The van der Waals surface area contributed by atoms with Crippen molar-refractivity contribution >= 4 is 5.91 Å². The van der Waals surface area contributed by atoms with Crippen LogP contribution >= 0.6 is 0 Å². The van der Waals surface area contributed by atoms with Crippen LogP contribution in [-0.4, -0.2) is 25.8 Å². The van der Waals surface area contributed by atoms with Crippen molar-refractivity contribution in [3.8, 4) is 0 Å². The number of carbonyl (C=O) groups excluding carboxylic acids is 1. The molecule has 0 fully saturated rings. The standard InChI is InChI=1S/C14H21N5O2/c1-9(2)13-17-14(21-18-13)10(3)16-12(20)6-5-11-7-15-19(4)8-11/h7-10H,5-6H2,1-4H3,(H,16,20)/t10-/m1/s1. The van der Waals surface area contributed by atoms with Gasteiger partial charge in [0.05, 0.1) is 6.20 Å². The lowest BCUT2D eigenvalue weighted by atomic mass is 10.2. The summed E-state index contributed by atoms with van der Waals surface area (Å²) in [6.45, 7) is 5.82. The number of hydrogen-bond acceptors (Lipinski definition) is 5. The molecule has 2 heterocycles. The summed E-state index contributed by atoms with van der Waals surface area (Å²) >= 11 is 0. The first-order valence-corrected chi connectivity index (χ1v) is 7.06. The maximum Gasteiger partial charge on any atom is 0.248 e. The smallest absolute Gasteiger partial charge is 0.248 e. The third-order valence-corrected chi connectivity index (χ3v) is 3.12. The van der Waals surface area contributed by atoms with Crippen LogP contribution in [0.25, 0.3) is 0 Å². The van der Waals surface area contributed by atoms with E-state index >= 15 is 0 Å². The zero-order valence-electron chi connectivity index (χ0n) is 12.8. The van der Waals surface area contributed by atoms with Crippen molar-refractivity contribution in [2.24, 2.45) is 7.05 Å². The second-order valence-corrected chi connectivity index (χ2v) is 5.46. The number of nitrogens with one attached hydrogen (secondary N) is 1. The Morgan fingerprint density at radius 2 is 2.19 bits per heavy atom. The van der Waals surface area contributed by atoms with Gasteiger partial charge in [0.25, 0.3) is 0 Å². The number of aromatic nitrogens is 4. The van der Waals surface area contributed by atoms with Crippen LogP contribution in [0.3, 0.4) is 0 Å². The number of amides is 1. The summed E-state index contributed by atoms with van der Waals surface area (Å²) in [7, 11) is 1.85. The molecule has 2 aromatic rings. The monoisotopic (exact) mass is 291 g/mol. The molecule has 0 spiro atoms. The van der Waals surface area contributed by atoms with E-state index in [9.17, 15) is 4.79 Å². The number of rotatable bonds is 6. The van der Waals surface area contributed by atoms with Crippen molar-refractivity contribution in [1.82, 2.24) is 25.2 Å². The summed E-state index contributed by atoms with van der Waals surface area (Å²) < 4.78 is 6.89. The molecule has 0 aliphatic heterocycles. The molecule has 0 aliphatic rings. The van der Waals surface area contributed by atoms with Gasteiger partial charge in [-0.25, -0.2) is 0 Å². The molecule has 0 saturated heterocycles. The molecule has 7 nitrogen and oxygen atoms in total. The number of aryl methyl sites for hydroxylation is 2. The Bertz CT molecular complexity index is 602. The average molecular weight is 291 g/mol. The van der Waals surface area contributed by atoms with Crippen LogP contribution in [0.2, 0.25) is 0 Å². The molecule has 0 radical (unpaired) electrons. The third kappa shape index (κ3) is 4.14. The first kappa shape index (κ1) is 15.2. The highest BCUT2D eigenvalue weighted by Gasteiger charge is 2.17. The molecule has 21 heavy (non-hydrogen) atoms. The van der Waals surface area contributed by atoms with Crippen LogP contribution in [0, 0.1) is 0 Å². The van der Waals surface area contributed by atoms with E-state index in [1.807, 2.05) is 34.0 Å². The summed E-state index contributed by atoms with van der Waals surface area (Å²) in [6, 6.07) is -0.286. The van der Waals surface area contributed by atoms with Crippen LogP contribution in [0.5, 0.6) is 0 Å². The van der Waals surface area contributed by atoms with E-state index < -0.39 is 0 Å². The molecule has 1 N–H and O–H groups in total. The Hall–Kier alpha value is -2.18. The summed E-state index contributed by atoms with van der Waals surface area (Å²) in [5, 5.41) is 10.8. The number of carbonyl (C=O) groups is 1. The van der Waals surface area contributed by atoms with E-state index in [-0.39, 0.29) is 17.9 Å². The van der Waals surface area contributed by atoms with E-state index in [1.165, 1.54) is 0 Å². The largest absolute Gasteiger partial charge is 0.345 e. The van der Waals surface area contributed by atoms with E-state index in [0.29, 0.717) is 24.6 Å². The minimum absolute atomic E-state index is 0.0457. The zero-order valence-corrected chi connectivity index (χ0v) is 12.8. The molecular formula is C14H21N5O2. The fourth-order valence-corrected chi connectivity index (χ4v) is 1.89. The maximum atomic E-state index is 11.9. The van der Waals surface area contributed by atoms with Crippen molar-refractivity contribution < 1.29 is 9.32 Å². The normalized spacial score (nSPS) is 12.6. The second-order valence-electron chi connectivity index (χ2n) is 5.46. The molecule has 1 atom stereocenters. The molecule has 0 unspecified atom stereocenters. The van der Waals surface area contributed by atoms with E-state index in [4.69, 9.17) is 4.52 Å². The van der Waals surface area contributed by atoms with Gasteiger partial charge in [-0.1, -0.05) is 19.0 Å². The van der Waals surface area contributed by atoms with E-state index in [0.717, 1.165) is 5.56 Å². The Morgan fingerprint density at radius 3 is 2.76 bits per heavy atom. The van der Waals surface area contributed by atoms with Crippen LogP contribution in [0.1, 0.15) is 56.4 Å². The Balaban J connectivity index is 1.83. The Kier molecular flexibility index (Phi) is 4.72. The van der Waals surface area contributed by atoms with Gasteiger partial charge >= 0.3 is 0 Å². The first-order chi connectivity index (χ1) is 9.95. The van der Waals surface area contributed by atoms with Gasteiger partial charge in [0.1, 0.15) is 6.04 Å². The molecule has 1 amide bonds. The minimum atomic E-state index is -0.286. The van der Waals surface area contributed by atoms with Crippen molar-refractivity contribution in [3.05, 3.63) is 29.7 Å². The second kappa shape index (κ2) is 6.51. The molecule has 0 saturated carbocycles. The Labute approximate surface area is 123 Å². The molecule has 0 bridgehead atoms. The minimum Gasteiger partial charge on any atom is -0.345 e. The van der Waals surface area contributed by atoms with Gasteiger partial charge in [-0.05, 0) is 18.9 Å². The average Bonchev–Trinajstić information content (AvgIpc) is 3.05. The number of hydrogen-bond donors (Lipinski definition) is 1. The molecule has 0 aromatic carbocycles. The lowest BCUT2D eigenvalue weighted by molar-refractivity contribution is -0.121. The van der Waals surface area contributed by atoms with Crippen molar-refractivity contribution in [2.75, 3.05) is 0 Å². The lowest BCUT2D eigenvalue weighted by Crippen LogP contribution is -2.27. The highest BCUT2D eigenvalue weighted by molar-refractivity contribution is 5.76. The van der Waals surface area contributed by atoms with Crippen LogP contribution in [0.4, 0.5) is 0 Å². The molecule has 114 valence electrons. The molecule has 2 aromatic heterocycles. The van der Waals surface area contributed by atoms with Gasteiger partial charge in [-0.2, -0.15) is 10.1 Å². The molecule has 0 aliphatic carbocycles. The summed E-state index contributed by atoms with van der Waals surface area (Å²) in [5.74, 6) is 1.25. The number of nitrogens with zero attached hydrogens (tertiary/aromatic N) is 4. The van der Waals surface area contributed by atoms with Crippen molar-refractivity contribution in [2.45, 2.75) is 45.6 Å². The predicted molar refractivity (Wildman–Crippen MR) is 76.5 cm³/mol. The third-order valence-electron chi connectivity index (χ3n) is 3.12. The quantitative estimate of drug-likeness (QED) is 0.876. The molecular weight excluding hydrogens is 270 g/mol. The predicted octanol–water partition coefficient (Wildman–Crippen LogP) is 1.74. The van der Waals surface area contributed by atoms with Gasteiger partial charge in [0.2, 0.25) is 11.8 Å². The highest BCUT2D eigenvalue weighted by atomic mass is 16.5. The topological polar surface area (TPSA) is 85.8 Å². The zero-order chi connectivity index (χ0) is 15.4. The maximum absolute atomic E-state index is 11.9. The van der Waals surface area contributed by atoms with Gasteiger partial charge in [-0.15, -0.1) is 0 Å². The Morgan fingerprint density at radius 1 is 1.43 bits per heavy atom. The van der Waals surface area contributed by atoms with Gasteiger partial charge < -0.3 is 9.84 Å². The van der Waals surface area contributed by atoms with E-state index in [2.05, 4.69) is 20.6 Å². The molecule has 7 heteroatoms. The van der Waals surface area contributed by atoms with Crippen LogP contribution in [-0.2, 0) is 18.3 Å². The van der Waals surface area contributed by atoms with Crippen molar-refractivity contribution in [3.63, 3.8) is 0 Å². The van der Waals surface area contributed by atoms with Crippen LogP contribution < -0.4 is 5.32 Å². The van der Waals surface area contributed by atoms with Gasteiger partial charge in [0, 0.05) is 25.6 Å². The van der Waals surface area contributed by atoms with Gasteiger partial charge in [-0.3, -0.25) is 9.48 Å². The molecule has 2 rings (SSSR count). The summed E-state index contributed by atoms with van der Waals surface area (Å²) in [6.07, 6.45) is 4.74. The summed E-state index contributed by atoms with van der Waals surface area (Å²) in [5.41, 5.74) is 1.04. The van der Waals surface area contributed by atoms with Crippen molar-refractivity contribution in [1.29, 1.82) is 0 Å². The van der Waals surface area contributed by atoms with E-state index in [1.54, 1.807) is 10.9 Å². The SMILES string of the molecule is CC(C)c1noc([C@@H](C)NC(=O)CCc2cnn(C)c2)n1.